The van der Waals surface area contributed by atoms with Crippen molar-refractivity contribution in [2.24, 2.45) is 0 Å². The fourth-order valence-corrected chi connectivity index (χ4v) is 8.34. The van der Waals surface area contributed by atoms with Crippen LogP contribution in [0.15, 0.2) is 85.1 Å². The predicted molar refractivity (Wildman–Crippen MR) is 307 cm³/mol. The van der Waals surface area contributed by atoms with Gasteiger partial charge in [-0.2, -0.15) is 0 Å². The van der Waals surface area contributed by atoms with Crippen molar-refractivity contribution < 1.29 is 28.6 Å². The van der Waals surface area contributed by atoms with E-state index in [1.165, 1.54) is 173 Å². The standard InChI is InChI=1S/C65H112O6/c1-4-7-10-13-16-19-22-25-28-30-32-34-37-40-43-46-49-52-55-58-64(67)70-61-62(60-69-63(66)57-54-51-48-45-42-39-36-27-24-21-18-15-12-9-6-3)71-65(68)59-56-53-50-47-44-41-38-35-33-31-29-26-23-20-17-14-11-8-5-2/h16-17,19-20,25-26,28-29,33,35,41,44,50,53,62H,4-15,18,21-24,27,30-32,34,36-40,42-43,45-49,51-52,54-61H2,1-3H3/b19-16-,20-17-,28-25-,29-26-,35-33-,44-41-,53-50-/t62-/m0/s1. The third-order valence-corrected chi connectivity index (χ3v) is 12.9. The molecule has 0 saturated heterocycles. The Morgan fingerprint density at radius 1 is 0.282 bits per heavy atom. The van der Waals surface area contributed by atoms with E-state index in [1.54, 1.807) is 0 Å². The minimum absolute atomic E-state index is 0.105. The molecule has 6 heteroatoms. The van der Waals surface area contributed by atoms with Crippen LogP contribution in [0.4, 0.5) is 0 Å². The molecule has 0 aliphatic rings. The quantitative estimate of drug-likeness (QED) is 0.0261. The molecule has 0 unspecified atom stereocenters. The summed E-state index contributed by atoms with van der Waals surface area (Å²) in [7, 11) is 0. The van der Waals surface area contributed by atoms with Gasteiger partial charge in [-0.3, -0.25) is 14.4 Å². The molecule has 0 aromatic carbocycles. The number of carbonyl (C=O) groups is 3. The summed E-state index contributed by atoms with van der Waals surface area (Å²) < 4.78 is 16.8. The molecule has 0 amide bonds. The summed E-state index contributed by atoms with van der Waals surface area (Å²) >= 11 is 0. The molecule has 0 rings (SSSR count). The van der Waals surface area contributed by atoms with E-state index in [-0.39, 0.29) is 37.5 Å². The molecule has 408 valence electrons. The van der Waals surface area contributed by atoms with E-state index < -0.39 is 6.10 Å². The first kappa shape index (κ1) is 67.6. The van der Waals surface area contributed by atoms with Gasteiger partial charge < -0.3 is 14.2 Å². The zero-order chi connectivity index (χ0) is 51.4. The van der Waals surface area contributed by atoms with Crippen LogP contribution in [0, 0.1) is 0 Å². The molecular formula is C65H112O6. The number of hydrogen-bond donors (Lipinski definition) is 0. The Hall–Kier alpha value is -3.41. The third kappa shape index (κ3) is 57.4. The number of rotatable bonds is 54. The molecule has 0 heterocycles. The molecule has 0 aliphatic carbocycles. The molecule has 0 N–H and O–H groups in total. The summed E-state index contributed by atoms with van der Waals surface area (Å²) in [5, 5.41) is 0. The highest BCUT2D eigenvalue weighted by atomic mass is 16.6. The van der Waals surface area contributed by atoms with Crippen LogP contribution in [0.25, 0.3) is 0 Å². The SMILES string of the molecule is CCCCC/C=C\C/C=C\C/C=C\C/C=C\C/C=C\CCC(=O)O[C@H](COC(=O)CCCCCCCCCCC/C=C\C/C=C\CCCCC)COC(=O)CCCCCCCCCCCCCCCCC. The molecule has 0 aromatic heterocycles. The van der Waals surface area contributed by atoms with Gasteiger partial charge in [-0.1, -0.05) is 266 Å². The van der Waals surface area contributed by atoms with Crippen LogP contribution in [0.3, 0.4) is 0 Å². The fourth-order valence-electron chi connectivity index (χ4n) is 8.34. The van der Waals surface area contributed by atoms with Crippen molar-refractivity contribution in [2.45, 2.75) is 297 Å². The smallest absolute Gasteiger partial charge is 0.306 e. The number of ether oxygens (including phenoxy) is 3. The second-order valence-corrected chi connectivity index (χ2v) is 19.9. The highest BCUT2D eigenvalue weighted by Gasteiger charge is 2.19. The Bertz CT molecular complexity index is 1370. The Balaban J connectivity index is 4.48. The van der Waals surface area contributed by atoms with E-state index in [9.17, 15) is 14.4 Å². The third-order valence-electron chi connectivity index (χ3n) is 12.9. The Kier molecular flexibility index (Phi) is 56.3. The van der Waals surface area contributed by atoms with E-state index in [4.69, 9.17) is 14.2 Å². The molecule has 0 fully saturated rings. The number of hydrogen-bond acceptors (Lipinski definition) is 6. The molecule has 6 nitrogen and oxygen atoms in total. The lowest BCUT2D eigenvalue weighted by Crippen LogP contribution is -2.30. The number of esters is 3. The van der Waals surface area contributed by atoms with Gasteiger partial charge in [0.05, 0.1) is 0 Å². The first-order valence-electron chi connectivity index (χ1n) is 30.1. The van der Waals surface area contributed by atoms with Gasteiger partial charge in [0, 0.05) is 19.3 Å². The topological polar surface area (TPSA) is 78.9 Å². The lowest BCUT2D eigenvalue weighted by Gasteiger charge is -2.18. The largest absolute Gasteiger partial charge is 0.462 e. The van der Waals surface area contributed by atoms with Crippen molar-refractivity contribution in [3.63, 3.8) is 0 Å². The summed E-state index contributed by atoms with van der Waals surface area (Å²) in [5.41, 5.74) is 0. The lowest BCUT2D eigenvalue weighted by molar-refractivity contribution is -0.166. The Morgan fingerprint density at radius 2 is 0.535 bits per heavy atom. The van der Waals surface area contributed by atoms with Gasteiger partial charge in [0.2, 0.25) is 0 Å². The van der Waals surface area contributed by atoms with Gasteiger partial charge in [0.1, 0.15) is 13.2 Å². The van der Waals surface area contributed by atoms with Gasteiger partial charge in [-0.15, -0.1) is 0 Å². The average Bonchev–Trinajstić information content (AvgIpc) is 3.37. The van der Waals surface area contributed by atoms with Gasteiger partial charge >= 0.3 is 17.9 Å². The molecule has 0 bridgehead atoms. The van der Waals surface area contributed by atoms with Crippen molar-refractivity contribution in [3.8, 4) is 0 Å². The van der Waals surface area contributed by atoms with Crippen molar-refractivity contribution in [1.29, 1.82) is 0 Å². The lowest BCUT2D eigenvalue weighted by atomic mass is 10.0. The average molecular weight is 990 g/mol. The Morgan fingerprint density at radius 3 is 0.873 bits per heavy atom. The van der Waals surface area contributed by atoms with E-state index in [1.807, 2.05) is 6.08 Å². The minimum atomic E-state index is -0.817. The van der Waals surface area contributed by atoms with Crippen molar-refractivity contribution in [2.75, 3.05) is 13.2 Å². The minimum Gasteiger partial charge on any atom is -0.462 e. The molecule has 0 saturated carbocycles. The molecule has 1 atom stereocenters. The number of carbonyl (C=O) groups excluding carboxylic acids is 3. The summed E-state index contributed by atoms with van der Waals surface area (Å²) in [6.07, 6.45) is 77.3. The van der Waals surface area contributed by atoms with Crippen molar-refractivity contribution >= 4 is 17.9 Å². The second-order valence-electron chi connectivity index (χ2n) is 19.9. The highest BCUT2D eigenvalue weighted by molar-refractivity contribution is 5.71. The monoisotopic (exact) mass is 989 g/mol. The van der Waals surface area contributed by atoms with Gasteiger partial charge in [0.15, 0.2) is 6.10 Å². The van der Waals surface area contributed by atoms with Gasteiger partial charge in [-0.25, -0.2) is 0 Å². The van der Waals surface area contributed by atoms with E-state index >= 15 is 0 Å². The van der Waals surface area contributed by atoms with E-state index in [0.29, 0.717) is 19.3 Å². The van der Waals surface area contributed by atoms with Crippen LogP contribution < -0.4 is 0 Å². The summed E-state index contributed by atoms with van der Waals surface area (Å²) in [5.74, 6) is -0.983. The maximum atomic E-state index is 12.8. The molecule has 0 radical (unpaired) electrons. The first-order valence-corrected chi connectivity index (χ1v) is 30.1. The van der Waals surface area contributed by atoms with Crippen molar-refractivity contribution in [3.05, 3.63) is 85.1 Å². The summed E-state index contributed by atoms with van der Waals surface area (Å²) in [6.45, 7) is 6.55. The fraction of sp³-hybridized carbons (Fsp3) is 0.738. The van der Waals surface area contributed by atoms with Crippen LogP contribution >= 0.6 is 0 Å². The summed E-state index contributed by atoms with van der Waals surface area (Å²) in [4.78, 5) is 38.2. The number of allylic oxidation sites excluding steroid dienone is 14. The van der Waals surface area contributed by atoms with Crippen LogP contribution in [-0.2, 0) is 28.6 Å². The van der Waals surface area contributed by atoms with Crippen LogP contribution in [0.5, 0.6) is 0 Å². The van der Waals surface area contributed by atoms with Crippen LogP contribution in [-0.4, -0.2) is 37.2 Å². The van der Waals surface area contributed by atoms with E-state index in [2.05, 4.69) is 99.8 Å². The zero-order valence-electron chi connectivity index (χ0n) is 46.7. The molecule has 0 spiro atoms. The van der Waals surface area contributed by atoms with Crippen LogP contribution in [0.2, 0.25) is 0 Å². The van der Waals surface area contributed by atoms with E-state index in [0.717, 1.165) is 70.6 Å². The van der Waals surface area contributed by atoms with Gasteiger partial charge in [-0.05, 0) is 89.9 Å². The second kappa shape index (κ2) is 59.2. The van der Waals surface area contributed by atoms with Crippen molar-refractivity contribution in [1.82, 2.24) is 0 Å². The van der Waals surface area contributed by atoms with Gasteiger partial charge in [0.25, 0.3) is 0 Å². The maximum absolute atomic E-state index is 12.8. The molecular weight excluding hydrogens is 877 g/mol. The maximum Gasteiger partial charge on any atom is 0.306 e. The zero-order valence-corrected chi connectivity index (χ0v) is 46.7. The first-order chi connectivity index (χ1) is 35.0. The molecule has 71 heavy (non-hydrogen) atoms. The number of unbranched alkanes of at least 4 members (excludes halogenated alkanes) is 29. The molecule has 0 aromatic rings. The van der Waals surface area contributed by atoms with Crippen LogP contribution in [0.1, 0.15) is 290 Å². The highest BCUT2D eigenvalue weighted by Crippen LogP contribution is 2.16. The predicted octanol–water partition coefficient (Wildman–Crippen LogP) is 20.3. The molecule has 0 aliphatic heterocycles. The Labute approximate surface area is 439 Å². The summed E-state index contributed by atoms with van der Waals surface area (Å²) in [6, 6.07) is 0. The normalized spacial score (nSPS) is 12.7.